The van der Waals surface area contributed by atoms with E-state index >= 15 is 0 Å². The van der Waals surface area contributed by atoms with Gasteiger partial charge in [-0.25, -0.2) is 0 Å². The summed E-state index contributed by atoms with van der Waals surface area (Å²) in [5.41, 5.74) is 2.56. The largest absolute Gasteiger partial charge is 0.253 e. The van der Waals surface area contributed by atoms with Crippen LogP contribution in [0.3, 0.4) is 0 Å². The van der Waals surface area contributed by atoms with Crippen molar-refractivity contribution in [2.75, 3.05) is 42.3 Å². The lowest BCUT2D eigenvalue weighted by atomic mass is 10.1. The highest BCUT2D eigenvalue weighted by molar-refractivity contribution is 7.72. The molecule has 0 aliphatic rings. The molecule has 0 heterocycles. The van der Waals surface area contributed by atoms with Crippen LogP contribution in [0.5, 0.6) is 0 Å². The zero-order valence-corrected chi connectivity index (χ0v) is 14.1. The molecule has 106 valence electrons. The molecule has 0 amide bonds. The van der Waals surface area contributed by atoms with E-state index in [4.69, 9.17) is 0 Å². The molecule has 0 radical (unpaired) electrons. The van der Waals surface area contributed by atoms with Crippen LogP contribution in [0, 0.1) is 6.92 Å². The van der Waals surface area contributed by atoms with E-state index < -0.39 is 7.71 Å². The average molecular weight is 280 g/mol. The Morgan fingerprint density at radius 1 is 0.895 bits per heavy atom. The lowest BCUT2D eigenvalue weighted by Gasteiger charge is -2.37. The molecule has 0 aliphatic carbocycles. The van der Waals surface area contributed by atoms with Gasteiger partial charge in [0.25, 0.3) is 7.71 Å². The summed E-state index contributed by atoms with van der Waals surface area (Å²) in [5.74, 6) is 2.35. The summed E-state index contributed by atoms with van der Waals surface area (Å²) in [6.45, 7) is 2.13. The van der Waals surface area contributed by atoms with Gasteiger partial charge in [0.2, 0.25) is 0 Å². The summed E-state index contributed by atoms with van der Waals surface area (Å²) >= 11 is 0. The first-order valence-corrected chi connectivity index (χ1v) is 8.20. The topological polar surface area (TPSA) is 9.72 Å². The second-order valence-corrected chi connectivity index (χ2v) is 9.31. The Bertz CT molecular complexity index is 417. The van der Waals surface area contributed by atoms with Gasteiger partial charge in [0, 0.05) is 42.3 Å². The van der Waals surface area contributed by atoms with E-state index in [-0.39, 0.29) is 0 Å². The van der Waals surface area contributed by atoms with Crippen LogP contribution in [-0.4, -0.2) is 56.3 Å². The zero-order chi connectivity index (χ0) is 14.6. The Kier molecular flexibility index (Phi) is 5.69. The molecular weight excluding hydrogens is 253 g/mol. The van der Waals surface area contributed by atoms with E-state index in [1.165, 1.54) is 11.1 Å². The first-order valence-electron chi connectivity index (χ1n) is 6.48. The third kappa shape index (κ3) is 3.64. The van der Waals surface area contributed by atoms with Crippen molar-refractivity contribution in [2.45, 2.75) is 6.92 Å². The molecule has 0 N–H and O–H groups in total. The molecule has 0 spiro atoms. The van der Waals surface area contributed by atoms with Gasteiger partial charge in [0.05, 0.1) is 0 Å². The van der Waals surface area contributed by atoms with E-state index in [9.17, 15) is 0 Å². The van der Waals surface area contributed by atoms with Crippen molar-refractivity contribution in [1.29, 1.82) is 0 Å². The van der Waals surface area contributed by atoms with Gasteiger partial charge >= 0.3 is 0 Å². The molecular formula is C15H27N3P+. The minimum Gasteiger partial charge on any atom is -0.151 e. The fourth-order valence-corrected chi connectivity index (χ4v) is 5.75. The van der Waals surface area contributed by atoms with Crippen LogP contribution in [0.2, 0.25) is 0 Å². The molecule has 1 aromatic rings. The smallest absolute Gasteiger partial charge is 0.151 e. The van der Waals surface area contributed by atoms with Gasteiger partial charge in [0.15, 0.2) is 0 Å². The number of hydrogen-bond donors (Lipinski definition) is 0. The SMILES string of the molecule is Cc1cccc(/C=C/[P+](N(C)C)(N(C)C)N(C)C)c1. The Morgan fingerprint density at radius 3 is 1.84 bits per heavy atom. The molecule has 0 saturated carbocycles. The van der Waals surface area contributed by atoms with Crippen LogP contribution < -0.4 is 0 Å². The molecule has 3 nitrogen and oxygen atoms in total. The van der Waals surface area contributed by atoms with Crippen molar-refractivity contribution in [2.24, 2.45) is 0 Å². The van der Waals surface area contributed by atoms with Crippen LogP contribution >= 0.6 is 7.71 Å². The van der Waals surface area contributed by atoms with E-state index in [0.717, 1.165) is 0 Å². The predicted octanol–water partition coefficient (Wildman–Crippen LogP) is 3.41. The molecule has 1 aromatic carbocycles. The van der Waals surface area contributed by atoms with Gasteiger partial charge < -0.3 is 0 Å². The summed E-state index contributed by atoms with van der Waals surface area (Å²) in [7, 11) is 11.3. The van der Waals surface area contributed by atoms with Crippen LogP contribution in [-0.2, 0) is 0 Å². The highest BCUT2D eigenvalue weighted by Gasteiger charge is 2.45. The van der Waals surface area contributed by atoms with Crippen LogP contribution in [0.15, 0.2) is 30.1 Å². The lowest BCUT2D eigenvalue weighted by Crippen LogP contribution is -2.34. The maximum absolute atomic E-state index is 2.35. The number of rotatable bonds is 5. The first kappa shape index (κ1) is 16.3. The highest BCUT2D eigenvalue weighted by atomic mass is 31.2. The van der Waals surface area contributed by atoms with Crippen LogP contribution in [0.4, 0.5) is 0 Å². The maximum Gasteiger partial charge on any atom is 0.253 e. The third-order valence-electron chi connectivity index (χ3n) is 3.28. The maximum atomic E-state index is 2.35. The van der Waals surface area contributed by atoms with Gasteiger partial charge in [-0.15, -0.1) is 0 Å². The Hall–Kier alpha value is -0.730. The van der Waals surface area contributed by atoms with Crippen molar-refractivity contribution in [3.05, 3.63) is 41.2 Å². The number of nitrogens with zero attached hydrogens (tertiary/aromatic N) is 3. The Balaban J connectivity index is 3.14. The monoisotopic (exact) mass is 280 g/mol. The van der Waals surface area contributed by atoms with Crippen LogP contribution in [0.1, 0.15) is 11.1 Å². The van der Waals surface area contributed by atoms with Gasteiger partial charge in [-0.05, 0) is 18.6 Å². The minimum atomic E-state index is -1.57. The highest BCUT2D eigenvalue weighted by Crippen LogP contribution is 2.65. The van der Waals surface area contributed by atoms with E-state index in [1.54, 1.807) is 0 Å². The fraction of sp³-hybridized carbons (Fsp3) is 0.467. The molecule has 4 heteroatoms. The predicted molar refractivity (Wildman–Crippen MR) is 88.2 cm³/mol. The molecule has 19 heavy (non-hydrogen) atoms. The Morgan fingerprint density at radius 2 is 1.42 bits per heavy atom. The van der Waals surface area contributed by atoms with Crippen molar-refractivity contribution in [3.63, 3.8) is 0 Å². The second kappa shape index (κ2) is 6.62. The first-order chi connectivity index (χ1) is 8.80. The summed E-state index contributed by atoms with van der Waals surface area (Å²) in [6, 6.07) is 8.60. The minimum absolute atomic E-state index is 1.26. The fourth-order valence-electron chi connectivity index (χ4n) is 2.43. The molecule has 1 rings (SSSR count). The van der Waals surface area contributed by atoms with E-state index in [1.807, 2.05) is 0 Å². The second-order valence-electron chi connectivity index (χ2n) is 5.39. The standard InChI is InChI=1S/C15H27N3P/c1-14-9-8-10-15(13-14)11-12-19(16(2)3,17(4)5)18(6)7/h8-13H,1-7H3/q+1/b12-11+. The molecule has 0 fully saturated rings. The number of benzene rings is 1. The summed E-state index contributed by atoms with van der Waals surface area (Å²) in [6.07, 6.45) is 2.24. The van der Waals surface area contributed by atoms with Gasteiger partial charge in [-0.3, -0.25) is 0 Å². The number of hydrogen-bond acceptors (Lipinski definition) is 3. The molecule has 0 aliphatic heterocycles. The molecule has 0 aromatic heterocycles. The van der Waals surface area contributed by atoms with Crippen LogP contribution in [0.25, 0.3) is 6.08 Å². The number of aryl methyl sites for hydroxylation is 1. The van der Waals surface area contributed by atoms with Crippen molar-refractivity contribution in [1.82, 2.24) is 14.0 Å². The molecule has 0 atom stereocenters. The van der Waals surface area contributed by atoms with E-state index in [0.29, 0.717) is 0 Å². The Labute approximate surface area is 119 Å². The van der Waals surface area contributed by atoms with Gasteiger partial charge in [-0.2, -0.15) is 14.0 Å². The zero-order valence-electron chi connectivity index (χ0n) is 13.3. The quantitative estimate of drug-likeness (QED) is 0.765. The lowest BCUT2D eigenvalue weighted by molar-refractivity contribution is 0.472. The third-order valence-corrected chi connectivity index (χ3v) is 7.36. The average Bonchev–Trinajstić information content (AvgIpc) is 2.28. The summed E-state index contributed by atoms with van der Waals surface area (Å²) < 4.78 is 6.96. The van der Waals surface area contributed by atoms with Crippen molar-refractivity contribution < 1.29 is 0 Å². The summed E-state index contributed by atoms with van der Waals surface area (Å²) in [4.78, 5) is 0. The van der Waals surface area contributed by atoms with Crippen molar-refractivity contribution >= 4 is 13.8 Å². The molecule has 0 unspecified atom stereocenters. The van der Waals surface area contributed by atoms with E-state index in [2.05, 4.69) is 99.4 Å². The normalized spacial score (nSPS) is 13.2. The molecule has 0 bridgehead atoms. The van der Waals surface area contributed by atoms with Gasteiger partial charge in [0.1, 0.15) is 5.82 Å². The van der Waals surface area contributed by atoms with Gasteiger partial charge in [-0.1, -0.05) is 29.8 Å². The summed E-state index contributed by atoms with van der Waals surface area (Å²) in [5, 5.41) is 0. The molecule has 0 saturated heterocycles. The van der Waals surface area contributed by atoms with Crippen molar-refractivity contribution in [3.8, 4) is 0 Å².